The Kier molecular flexibility index (Phi) is 3.56. The van der Waals surface area contributed by atoms with Crippen molar-refractivity contribution in [3.05, 3.63) is 17.0 Å². The van der Waals surface area contributed by atoms with Gasteiger partial charge in [-0.1, -0.05) is 0 Å². The van der Waals surface area contributed by atoms with E-state index in [4.69, 9.17) is 0 Å². The third-order valence-electron chi connectivity index (χ3n) is 1.88. The third-order valence-corrected chi connectivity index (χ3v) is 3.01. The molecule has 0 amide bonds. The van der Waals surface area contributed by atoms with Gasteiger partial charge in [0.25, 0.3) is 0 Å². The molecular formula is C9H16N2S. The highest BCUT2D eigenvalue weighted by Crippen LogP contribution is 2.24. The maximum atomic E-state index is 3.14. The van der Waals surface area contributed by atoms with E-state index in [0.29, 0.717) is 0 Å². The summed E-state index contributed by atoms with van der Waals surface area (Å²) in [6, 6.07) is 2.16. The lowest BCUT2D eigenvalue weighted by atomic mass is 10.3. The van der Waals surface area contributed by atoms with Gasteiger partial charge in [0.05, 0.1) is 5.00 Å². The van der Waals surface area contributed by atoms with Gasteiger partial charge in [-0.2, -0.15) is 0 Å². The van der Waals surface area contributed by atoms with Gasteiger partial charge in [0.15, 0.2) is 0 Å². The summed E-state index contributed by atoms with van der Waals surface area (Å²) in [5.74, 6) is 0. The number of anilines is 1. The zero-order valence-corrected chi connectivity index (χ0v) is 8.74. The Morgan fingerprint density at radius 2 is 2.33 bits per heavy atom. The molecule has 0 atom stereocenters. The van der Waals surface area contributed by atoms with Crippen LogP contribution in [0.2, 0.25) is 0 Å². The van der Waals surface area contributed by atoms with Crippen molar-refractivity contribution in [2.75, 3.05) is 32.1 Å². The molecule has 0 unspecified atom stereocenters. The average molecular weight is 184 g/mol. The molecule has 1 N–H and O–H groups in total. The van der Waals surface area contributed by atoms with Gasteiger partial charge in [0, 0.05) is 20.1 Å². The monoisotopic (exact) mass is 184 g/mol. The van der Waals surface area contributed by atoms with Crippen LogP contribution in [-0.2, 0) is 0 Å². The Bertz CT molecular complexity index is 232. The van der Waals surface area contributed by atoms with E-state index >= 15 is 0 Å². The highest BCUT2D eigenvalue weighted by Gasteiger charge is 2.03. The number of rotatable bonds is 4. The molecule has 0 bridgehead atoms. The van der Waals surface area contributed by atoms with Crippen LogP contribution in [0.1, 0.15) is 5.56 Å². The van der Waals surface area contributed by atoms with E-state index in [9.17, 15) is 0 Å². The Balaban J connectivity index is 2.52. The van der Waals surface area contributed by atoms with Gasteiger partial charge in [-0.05, 0) is 31.0 Å². The molecule has 2 nitrogen and oxygen atoms in total. The van der Waals surface area contributed by atoms with Gasteiger partial charge in [0.1, 0.15) is 0 Å². The standard InChI is InChI=1S/C9H16N2S/c1-8-4-7-12-9(8)11(3)6-5-10-2/h4,7,10H,5-6H2,1-3H3. The fraction of sp³-hybridized carbons (Fsp3) is 0.556. The lowest BCUT2D eigenvalue weighted by Gasteiger charge is -2.17. The second-order valence-corrected chi connectivity index (χ2v) is 3.83. The zero-order valence-electron chi connectivity index (χ0n) is 7.92. The summed E-state index contributed by atoms with van der Waals surface area (Å²) in [6.45, 7) is 4.26. The van der Waals surface area contributed by atoms with Gasteiger partial charge in [0.2, 0.25) is 0 Å². The van der Waals surface area contributed by atoms with E-state index in [1.54, 1.807) is 11.3 Å². The lowest BCUT2D eigenvalue weighted by molar-refractivity contribution is 0.770. The van der Waals surface area contributed by atoms with E-state index < -0.39 is 0 Å². The van der Waals surface area contributed by atoms with Crippen molar-refractivity contribution < 1.29 is 0 Å². The molecule has 0 saturated heterocycles. The number of aryl methyl sites for hydroxylation is 1. The van der Waals surface area contributed by atoms with Crippen molar-refractivity contribution in [2.24, 2.45) is 0 Å². The molecule has 1 rings (SSSR count). The second-order valence-electron chi connectivity index (χ2n) is 2.93. The lowest BCUT2D eigenvalue weighted by Crippen LogP contribution is -2.26. The SMILES string of the molecule is CNCCN(C)c1sccc1C. The fourth-order valence-electron chi connectivity index (χ4n) is 1.14. The number of likely N-dealkylation sites (N-methyl/N-ethyl adjacent to an activating group) is 2. The molecule has 0 radical (unpaired) electrons. The van der Waals surface area contributed by atoms with Crippen LogP contribution in [0.5, 0.6) is 0 Å². The first-order valence-electron chi connectivity index (χ1n) is 4.15. The van der Waals surface area contributed by atoms with Crippen molar-refractivity contribution in [2.45, 2.75) is 6.92 Å². The molecule has 0 fully saturated rings. The van der Waals surface area contributed by atoms with Crippen LogP contribution >= 0.6 is 11.3 Å². The summed E-state index contributed by atoms with van der Waals surface area (Å²) in [6.07, 6.45) is 0. The van der Waals surface area contributed by atoms with E-state index in [-0.39, 0.29) is 0 Å². The van der Waals surface area contributed by atoms with Crippen molar-refractivity contribution in [3.8, 4) is 0 Å². The van der Waals surface area contributed by atoms with Crippen LogP contribution in [0, 0.1) is 6.92 Å². The van der Waals surface area contributed by atoms with E-state index in [2.05, 4.69) is 35.6 Å². The molecule has 0 spiro atoms. The van der Waals surface area contributed by atoms with Crippen LogP contribution in [0.15, 0.2) is 11.4 Å². The largest absolute Gasteiger partial charge is 0.365 e. The molecule has 0 aliphatic carbocycles. The minimum Gasteiger partial charge on any atom is -0.365 e. The molecule has 0 aliphatic heterocycles. The van der Waals surface area contributed by atoms with Gasteiger partial charge in [-0.25, -0.2) is 0 Å². The Morgan fingerprint density at radius 3 is 2.83 bits per heavy atom. The minimum absolute atomic E-state index is 1.04. The van der Waals surface area contributed by atoms with Gasteiger partial charge in [-0.3, -0.25) is 0 Å². The summed E-state index contributed by atoms with van der Waals surface area (Å²) in [5.41, 5.74) is 1.37. The first kappa shape index (κ1) is 9.55. The normalized spacial score (nSPS) is 10.2. The smallest absolute Gasteiger partial charge is 0.0936 e. The van der Waals surface area contributed by atoms with Gasteiger partial charge < -0.3 is 10.2 Å². The first-order chi connectivity index (χ1) is 5.75. The molecule has 1 heterocycles. The maximum absolute atomic E-state index is 3.14. The third kappa shape index (κ3) is 2.22. The van der Waals surface area contributed by atoms with E-state index in [0.717, 1.165) is 13.1 Å². The number of thiophene rings is 1. The van der Waals surface area contributed by atoms with Crippen LogP contribution in [0.25, 0.3) is 0 Å². The number of hydrogen-bond acceptors (Lipinski definition) is 3. The second kappa shape index (κ2) is 4.48. The van der Waals surface area contributed by atoms with E-state index in [1.807, 2.05) is 7.05 Å². The molecule has 0 aromatic carbocycles. The highest BCUT2D eigenvalue weighted by molar-refractivity contribution is 7.14. The predicted octanol–water partition coefficient (Wildman–Crippen LogP) is 1.71. The summed E-state index contributed by atoms with van der Waals surface area (Å²) in [5, 5.41) is 6.66. The van der Waals surface area contributed by atoms with Gasteiger partial charge in [-0.15, -0.1) is 11.3 Å². The molecular weight excluding hydrogens is 168 g/mol. The quantitative estimate of drug-likeness (QED) is 0.766. The van der Waals surface area contributed by atoms with Crippen molar-refractivity contribution in [1.29, 1.82) is 0 Å². The van der Waals surface area contributed by atoms with Crippen molar-refractivity contribution in [1.82, 2.24) is 5.32 Å². The fourth-order valence-corrected chi connectivity index (χ4v) is 2.06. The molecule has 1 aromatic heterocycles. The summed E-state index contributed by atoms with van der Waals surface area (Å²) >= 11 is 1.81. The topological polar surface area (TPSA) is 15.3 Å². The number of hydrogen-bond donors (Lipinski definition) is 1. The van der Waals surface area contributed by atoms with Crippen LogP contribution < -0.4 is 10.2 Å². The zero-order chi connectivity index (χ0) is 8.97. The highest BCUT2D eigenvalue weighted by atomic mass is 32.1. The van der Waals surface area contributed by atoms with Gasteiger partial charge >= 0.3 is 0 Å². The average Bonchev–Trinajstić information content (AvgIpc) is 2.47. The first-order valence-corrected chi connectivity index (χ1v) is 5.03. The molecule has 3 heteroatoms. The number of nitrogens with zero attached hydrogens (tertiary/aromatic N) is 1. The minimum atomic E-state index is 1.04. The van der Waals surface area contributed by atoms with Crippen molar-refractivity contribution >= 4 is 16.3 Å². The summed E-state index contributed by atoms with van der Waals surface area (Å²) in [7, 11) is 4.12. The molecule has 0 saturated carbocycles. The molecule has 68 valence electrons. The summed E-state index contributed by atoms with van der Waals surface area (Å²) in [4.78, 5) is 2.29. The van der Waals surface area contributed by atoms with Crippen LogP contribution in [0.4, 0.5) is 5.00 Å². The Labute approximate surface area is 78.2 Å². The number of nitrogens with one attached hydrogen (secondary N) is 1. The molecule has 12 heavy (non-hydrogen) atoms. The van der Waals surface area contributed by atoms with Crippen molar-refractivity contribution in [3.63, 3.8) is 0 Å². The van der Waals surface area contributed by atoms with Crippen LogP contribution in [-0.4, -0.2) is 27.2 Å². The molecule has 1 aromatic rings. The Morgan fingerprint density at radius 1 is 1.58 bits per heavy atom. The Hall–Kier alpha value is -0.540. The maximum Gasteiger partial charge on any atom is 0.0936 e. The summed E-state index contributed by atoms with van der Waals surface area (Å²) < 4.78 is 0. The molecule has 0 aliphatic rings. The predicted molar refractivity (Wildman–Crippen MR) is 56.3 cm³/mol. The van der Waals surface area contributed by atoms with E-state index in [1.165, 1.54) is 10.6 Å². The van der Waals surface area contributed by atoms with Crippen LogP contribution in [0.3, 0.4) is 0 Å².